The molecule has 7 nitrogen and oxygen atoms in total. The highest BCUT2D eigenvalue weighted by Crippen LogP contribution is 2.16. The number of nitrogens with zero attached hydrogens (tertiary/aromatic N) is 4. The number of anilines is 1. The quantitative estimate of drug-likeness (QED) is 0.316. The van der Waals surface area contributed by atoms with Crippen molar-refractivity contribution in [2.75, 3.05) is 58.7 Å². The van der Waals surface area contributed by atoms with Gasteiger partial charge in [-0.1, -0.05) is 45.7 Å². The molecule has 0 saturated carbocycles. The first-order chi connectivity index (χ1) is 16.4. The lowest BCUT2D eigenvalue weighted by molar-refractivity contribution is 0.164. The Kier molecular flexibility index (Phi) is 15.4. The molecule has 0 bridgehead atoms. The monoisotopic (exact) mass is 609 g/mol. The van der Waals surface area contributed by atoms with Crippen LogP contribution in [0.25, 0.3) is 0 Å². The van der Waals surface area contributed by atoms with Gasteiger partial charge in [0.2, 0.25) is 6.08 Å². The highest BCUT2D eigenvalue weighted by Gasteiger charge is 2.18. The molecule has 2 aromatic rings. The van der Waals surface area contributed by atoms with Crippen LogP contribution in [0, 0.1) is 0 Å². The first-order valence-electron chi connectivity index (χ1n) is 11.4. The number of piperidine rings is 1. The van der Waals surface area contributed by atoms with E-state index in [0.29, 0.717) is 5.69 Å². The van der Waals surface area contributed by atoms with Crippen LogP contribution in [0.2, 0.25) is 0 Å². The second-order valence-electron chi connectivity index (χ2n) is 8.27. The third kappa shape index (κ3) is 13.0. The number of likely N-dealkylation sites (tertiary alicyclic amines) is 1. The van der Waals surface area contributed by atoms with Gasteiger partial charge in [0.1, 0.15) is 0 Å². The summed E-state index contributed by atoms with van der Waals surface area (Å²) >= 11 is 6.62. The van der Waals surface area contributed by atoms with Crippen LogP contribution in [0.5, 0.6) is 0 Å². The zero-order valence-corrected chi connectivity index (χ0v) is 23.0. The normalized spacial score (nSPS) is 15.7. The van der Waals surface area contributed by atoms with Crippen LogP contribution < -0.4 is 5.32 Å². The number of hydrogen-bond donors (Lipinski definition) is 1. The van der Waals surface area contributed by atoms with Crippen molar-refractivity contribution >= 4 is 55.3 Å². The van der Waals surface area contributed by atoms with Gasteiger partial charge in [-0.05, 0) is 88.6 Å². The fourth-order valence-electron chi connectivity index (χ4n) is 3.37. The van der Waals surface area contributed by atoms with Gasteiger partial charge in [-0.15, -0.1) is 0 Å². The summed E-state index contributed by atoms with van der Waals surface area (Å²) in [5.74, 6) is 0. The van der Waals surface area contributed by atoms with Gasteiger partial charge in [0.05, 0.1) is 5.69 Å². The smallest absolute Gasteiger partial charge is 0.321 e. The van der Waals surface area contributed by atoms with Crippen LogP contribution in [0.4, 0.5) is 16.2 Å². The highest BCUT2D eigenvalue weighted by molar-refractivity contribution is 9.10. The first-order valence-corrected chi connectivity index (χ1v) is 13.0. The molecule has 2 fully saturated rings. The van der Waals surface area contributed by atoms with Crippen LogP contribution in [0.15, 0.2) is 62.5 Å². The van der Waals surface area contributed by atoms with Gasteiger partial charge in [0, 0.05) is 40.8 Å². The number of rotatable bonds is 2. The number of isocyanates is 1. The third-order valence-electron chi connectivity index (χ3n) is 5.47. The molecule has 4 rings (SSSR count). The second kappa shape index (κ2) is 17.4. The van der Waals surface area contributed by atoms with E-state index in [2.05, 4.69) is 66.1 Å². The van der Waals surface area contributed by atoms with Crippen LogP contribution in [-0.4, -0.2) is 80.2 Å². The Morgan fingerprint density at radius 1 is 0.800 bits per heavy atom. The van der Waals surface area contributed by atoms with Crippen molar-refractivity contribution in [3.63, 3.8) is 0 Å². The van der Waals surface area contributed by atoms with Crippen LogP contribution >= 0.6 is 31.9 Å². The molecule has 0 aliphatic carbocycles. The zero-order valence-electron chi connectivity index (χ0n) is 19.8. The van der Waals surface area contributed by atoms with E-state index in [0.717, 1.165) is 40.8 Å². The van der Waals surface area contributed by atoms with Gasteiger partial charge < -0.3 is 20.0 Å². The van der Waals surface area contributed by atoms with Crippen LogP contribution in [0.1, 0.15) is 26.7 Å². The highest BCUT2D eigenvalue weighted by atomic mass is 79.9. The Balaban J connectivity index is 0.000000289. The lowest BCUT2D eigenvalue weighted by Crippen LogP contribution is -2.48. The Hall–Kier alpha value is -2.03. The number of amides is 2. The molecular weight excluding hydrogens is 574 g/mol. The van der Waals surface area contributed by atoms with Crippen molar-refractivity contribution in [1.82, 2.24) is 14.7 Å². The van der Waals surface area contributed by atoms with Crippen LogP contribution in [-0.2, 0) is 4.79 Å². The minimum Gasteiger partial charge on any atom is -0.322 e. The summed E-state index contributed by atoms with van der Waals surface area (Å²) in [7, 11) is 4.27. The van der Waals surface area contributed by atoms with Gasteiger partial charge >= 0.3 is 6.03 Å². The van der Waals surface area contributed by atoms with Crippen molar-refractivity contribution in [2.45, 2.75) is 26.7 Å². The molecular formula is C26H37Br2N5O2. The molecule has 9 heteroatoms. The number of carbonyl (C=O) groups is 1. The summed E-state index contributed by atoms with van der Waals surface area (Å²) in [5.41, 5.74) is 1.45. The van der Waals surface area contributed by atoms with Gasteiger partial charge in [0.25, 0.3) is 0 Å². The Labute approximate surface area is 226 Å². The molecule has 0 spiro atoms. The van der Waals surface area contributed by atoms with Crippen molar-refractivity contribution in [2.24, 2.45) is 4.99 Å². The summed E-state index contributed by atoms with van der Waals surface area (Å²) < 4.78 is 1.98. The molecule has 2 aromatic carbocycles. The molecule has 192 valence electrons. The van der Waals surface area contributed by atoms with E-state index >= 15 is 0 Å². The van der Waals surface area contributed by atoms with Gasteiger partial charge in [-0.2, -0.15) is 4.99 Å². The lowest BCUT2D eigenvalue weighted by Gasteiger charge is -2.32. The minimum absolute atomic E-state index is 0. The van der Waals surface area contributed by atoms with Crippen molar-refractivity contribution in [1.29, 1.82) is 0 Å². The van der Waals surface area contributed by atoms with Crippen molar-refractivity contribution in [3.05, 3.63) is 57.5 Å². The molecule has 2 aliphatic heterocycles. The Bertz CT molecular complexity index is 904. The lowest BCUT2D eigenvalue weighted by atomic mass is 10.1. The largest absolute Gasteiger partial charge is 0.322 e. The van der Waals surface area contributed by atoms with Crippen molar-refractivity contribution < 1.29 is 9.59 Å². The molecule has 35 heavy (non-hydrogen) atoms. The number of urea groups is 1. The maximum Gasteiger partial charge on any atom is 0.321 e. The molecule has 2 heterocycles. The molecule has 2 aliphatic rings. The molecule has 0 unspecified atom stereocenters. The van der Waals surface area contributed by atoms with Gasteiger partial charge in [-0.3, -0.25) is 0 Å². The predicted molar refractivity (Wildman–Crippen MR) is 152 cm³/mol. The fourth-order valence-corrected chi connectivity index (χ4v) is 3.89. The number of nitrogens with one attached hydrogen (secondary N) is 1. The molecule has 0 aromatic heterocycles. The van der Waals surface area contributed by atoms with E-state index in [1.807, 2.05) is 41.3 Å². The van der Waals surface area contributed by atoms with Crippen LogP contribution in [0.3, 0.4) is 0 Å². The number of aliphatic imine (C=N–C) groups is 1. The van der Waals surface area contributed by atoms with E-state index < -0.39 is 0 Å². The molecule has 1 N–H and O–H groups in total. The van der Waals surface area contributed by atoms with E-state index in [4.69, 9.17) is 0 Å². The zero-order chi connectivity index (χ0) is 24.8. The fraction of sp³-hybridized carbons (Fsp3) is 0.462. The number of hydrogen-bond acceptors (Lipinski definition) is 5. The molecule has 2 amide bonds. The van der Waals surface area contributed by atoms with Crippen molar-refractivity contribution in [3.8, 4) is 0 Å². The topological polar surface area (TPSA) is 68.2 Å². The van der Waals surface area contributed by atoms with E-state index in [1.165, 1.54) is 38.4 Å². The second-order valence-corrected chi connectivity index (χ2v) is 10.1. The number of halogens is 2. The molecule has 0 atom stereocenters. The SMILES string of the molecule is C.CN1CCCCC1.CN1CCN(C(=O)Nc2ccc(Br)cc2)CC1.O=C=Nc1ccc(Br)cc1. The average molecular weight is 611 g/mol. The number of carbonyl (C=O) groups excluding carboxylic acids is 2. The number of likely N-dealkylation sites (N-methyl/N-ethyl adjacent to an activating group) is 1. The Morgan fingerprint density at radius 3 is 1.74 bits per heavy atom. The first kappa shape index (κ1) is 31.0. The summed E-state index contributed by atoms with van der Waals surface area (Å²) in [6.07, 6.45) is 5.74. The summed E-state index contributed by atoms with van der Waals surface area (Å²) in [6.45, 7) is 6.10. The minimum atomic E-state index is -0.0135. The number of piperazine rings is 1. The standard InChI is InChI=1S/C12H16BrN3O.C7H4BrNO.C6H13N.CH4/c1-15-6-8-16(9-7-15)12(17)14-11-4-2-10(13)3-5-11;8-6-1-3-7(4-2-6)9-5-10;1-7-5-3-2-4-6-7;/h2-5H,6-9H2,1H3,(H,14,17);1-4H;2-6H2,1H3;1H4. The summed E-state index contributed by atoms with van der Waals surface area (Å²) in [5, 5.41) is 2.90. The molecule has 0 radical (unpaired) electrons. The molecule has 2 saturated heterocycles. The maximum atomic E-state index is 11.9. The third-order valence-corrected chi connectivity index (χ3v) is 6.52. The van der Waals surface area contributed by atoms with E-state index in [1.54, 1.807) is 12.1 Å². The predicted octanol–water partition coefficient (Wildman–Crippen LogP) is 6.38. The average Bonchev–Trinajstić information content (AvgIpc) is 2.84. The van der Waals surface area contributed by atoms with E-state index in [-0.39, 0.29) is 13.5 Å². The van der Waals surface area contributed by atoms with Gasteiger partial charge in [-0.25, -0.2) is 9.59 Å². The summed E-state index contributed by atoms with van der Waals surface area (Å²) in [6, 6.07) is 14.7. The summed E-state index contributed by atoms with van der Waals surface area (Å²) in [4.78, 5) is 31.6. The maximum absolute atomic E-state index is 11.9. The Morgan fingerprint density at radius 2 is 1.29 bits per heavy atom. The van der Waals surface area contributed by atoms with E-state index in [9.17, 15) is 9.59 Å². The number of benzene rings is 2. The van der Waals surface area contributed by atoms with Gasteiger partial charge in [0.15, 0.2) is 0 Å².